The van der Waals surface area contributed by atoms with Crippen molar-refractivity contribution in [3.63, 3.8) is 0 Å². The van der Waals surface area contributed by atoms with Gasteiger partial charge in [0.25, 0.3) is 5.84 Å². The fourth-order valence-corrected chi connectivity index (χ4v) is 1.10. The standard InChI is InChI=1S/C8H11N3O/c1-5-3-7(10)11(6(2)9)8(12)4-5/h3-4,9H,10H2,1-2H3/p+1. The van der Waals surface area contributed by atoms with Crippen molar-refractivity contribution in [3.05, 3.63) is 28.0 Å². The van der Waals surface area contributed by atoms with E-state index in [1.807, 2.05) is 6.92 Å². The van der Waals surface area contributed by atoms with E-state index < -0.39 is 0 Å². The Hall–Kier alpha value is -1.58. The Labute approximate surface area is 70.1 Å². The third-order valence-electron chi connectivity index (χ3n) is 1.56. The topological polar surface area (TPSA) is 73.6 Å². The summed E-state index contributed by atoms with van der Waals surface area (Å²) in [5, 5.41) is 5.47. The fourth-order valence-electron chi connectivity index (χ4n) is 1.10. The van der Waals surface area contributed by atoms with Gasteiger partial charge in [-0.15, -0.1) is 4.57 Å². The maximum absolute atomic E-state index is 11.3. The van der Waals surface area contributed by atoms with E-state index in [4.69, 9.17) is 11.1 Å². The van der Waals surface area contributed by atoms with Gasteiger partial charge in [0.05, 0.1) is 0 Å². The molecular formula is C8H12N3O+. The predicted molar refractivity (Wildman–Crippen MR) is 47.9 cm³/mol. The highest BCUT2D eigenvalue weighted by molar-refractivity contribution is 5.79. The van der Waals surface area contributed by atoms with Gasteiger partial charge in [0.1, 0.15) is 0 Å². The molecule has 0 aromatic carbocycles. The first-order valence-corrected chi connectivity index (χ1v) is 3.61. The average molecular weight is 166 g/mol. The number of nitrogen functional groups attached to an aromatic ring is 1. The Kier molecular flexibility index (Phi) is 1.99. The molecule has 4 N–H and O–H groups in total. The van der Waals surface area contributed by atoms with Crippen molar-refractivity contribution in [2.45, 2.75) is 13.8 Å². The van der Waals surface area contributed by atoms with Crippen molar-refractivity contribution in [3.8, 4) is 0 Å². The zero-order valence-corrected chi connectivity index (χ0v) is 7.16. The lowest BCUT2D eigenvalue weighted by Crippen LogP contribution is -2.46. The number of aromatic nitrogens is 1. The molecule has 0 spiro atoms. The zero-order valence-electron chi connectivity index (χ0n) is 7.16. The maximum atomic E-state index is 11.3. The van der Waals surface area contributed by atoms with Gasteiger partial charge in [-0.2, -0.15) is 0 Å². The summed E-state index contributed by atoms with van der Waals surface area (Å²) in [6.07, 6.45) is 0. The molecule has 0 unspecified atom stereocenters. The molecule has 0 aliphatic carbocycles. The first-order valence-electron chi connectivity index (χ1n) is 3.61. The summed E-state index contributed by atoms with van der Waals surface area (Å²) in [6.45, 7) is 3.45. The van der Waals surface area contributed by atoms with Crippen LogP contribution in [0.5, 0.6) is 0 Å². The fraction of sp³-hybridized carbons (Fsp3) is 0.250. The van der Waals surface area contributed by atoms with Gasteiger partial charge in [0, 0.05) is 19.1 Å². The number of pyridine rings is 1. The highest BCUT2D eigenvalue weighted by atomic mass is 16.1. The Morgan fingerprint density at radius 2 is 2.17 bits per heavy atom. The summed E-state index contributed by atoms with van der Waals surface area (Å²) in [4.78, 5) is 11.3. The molecule has 0 saturated heterocycles. The van der Waals surface area contributed by atoms with E-state index in [0.29, 0.717) is 11.7 Å². The molecule has 12 heavy (non-hydrogen) atoms. The minimum atomic E-state index is -0.187. The third-order valence-corrected chi connectivity index (χ3v) is 1.56. The molecule has 0 aliphatic rings. The minimum Gasteiger partial charge on any atom is -0.366 e. The van der Waals surface area contributed by atoms with E-state index in [1.54, 1.807) is 13.0 Å². The highest BCUT2D eigenvalue weighted by Gasteiger charge is 2.10. The second-order valence-electron chi connectivity index (χ2n) is 2.77. The molecule has 0 atom stereocenters. The number of hydrogen-bond donors (Lipinski definition) is 2. The summed E-state index contributed by atoms with van der Waals surface area (Å²) in [5.74, 6) is 0.762. The molecule has 1 heterocycles. The Morgan fingerprint density at radius 1 is 1.58 bits per heavy atom. The van der Waals surface area contributed by atoms with Crippen molar-refractivity contribution in [2.24, 2.45) is 0 Å². The van der Waals surface area contributed by atoms with Crippen LogP contribution in [-0.4, -0.2) is 10.4 Å². The van der Waals surface area contributed by atoms with Gasteiger partial charge in [-0.3, -0.25) is 5.41 Å². The number of nitrogens with two attached hydrogens (primary N) is 2. The van der Waals surface area contributed by atoms with Gasteiger partial charge in [0.15, 0.2) is 5.82 Å². The van der Waals surface area contributed by atoms with Crippen molar-refractivity contribution < 1.29 is 5.41 Å². The van der Waals surface area contributed by atoms with Gasteiger partial charge in [-0.25, -0.2) is 4.79 Å². The molecule has 4 nitrogen and oxygen atoms in total. The van der Waals surface area contributed by atoms with Gasteiger partial charge in [0.2, 0.25) is 0 Å². The number of rotatable bonds is 0. The van der Waals surface area contributed by atoms with Crippen LogP contribution in [0.15, 0.2) is 16.9 Å². The number of anilines is 1. The van der Waals surface area contributed by atoms with E-state index in [1.165, 1.54) is 10.6 Å². The molecule has 0 fully saturated rings. The summed E-state index contributed by atoms with van der Waals surface area (Å²) < 4.78 is 1.27. The van der Waals surface area contributed by atoms with Gasteiger partial charge >= 0.3 is 5.56 Å². The largest absolute Gasteiger partial charge is 0.366 e. The zero-order chi connectivity index (χ0) is 9.30. The molecule has 0 aliphatic heterocycles. The van der Waals surface area contributed by atoms with Gasteiger partial charge in [-0.05, 0) is 12.5 Å². The van der Waals surface area contributed by atoms with E-state index in [0.717, 1.165) is 5.56 Å². The van der Waals surface area contributed by atoms with Gasteiger partial charge in [-0.1, -0.05) is 0 Å². The van der Waals surface area contributed by atoms with Crippen LogP contribution in [0.2, 0.25) is 0 Å². The lowest BCUT2D eigenvalue weighted by molar-refractivity contribution is -0.118. The van der Waals surface area contributed by atoms with E-state index >= 15 is 0 Å². The molecule has 1 rings (SSSR count). The van der Waals surface area contributed by atoms with Crippen molar-refractivity contribution in [1.29, 1.82) is 0 Å². The lowest BCUT2D eigenvalue weighted by atomic mass is 10.3. The van der Waals surface area contributed by atoms with E-state index in [2.05, 4.69) is 0 Å². The average Bonchev–Trinajstić information content (AvgIpc) is 1.82. The number of aryl methyl sites for hydroxylation is 1. The van der Waals surface area contributed by atoms with Gasteiger partial charge < -0.3 is 5.73 Å². The van der Waals surface area contributed by atoms with E-state index in [-0.39, 0.29) is 5.56 Å². The molecule has 1 aromatic rings. The summed E-state index contributed by atoms with van der Waals surface area (Å²) >= 11 is 0. The summed E-state index contributed by atoms with van der Waals surface area (Å²) in [7, 11) is 0. The summed E-state index contributed by atoms with van der Waals surface area (Å²) in [6, 6.07) is 3.20. The van der Waals surface area contributed by atoms with E-state index in [9.17, 15) is 4.79 Å². The lowest BCUT2D eigenvalue weighted by Gasteiger charge is -1.99. The van der Waals surface area contributed by atoms with Crippen LogP contribution in [-0.2, 0) is 0 Å². The molecule has 64 valence electrons. The highest BCUT2D eigenvalue weighted by Crippen LogP contribution is 2.00. The van der Waals surface area contributed by atoms with Crippen molar-refractivity contribution in [2.75, 3.05) is 5.73 Å². The monoisotopic (exact) mass is 166 g/mol. The Balaban J connectivity index is 3.49. The SMILES string of the molecule is CC(=[NH2+])n1c(N)cc(C)cc1=O. The van der Waals surface area contributed by atoms with Crippen LogP contribution in [0.25, 0.3) is 0 Å². The van der Waals surface area contributed by atoms with Crippen LogP contribution >= 0.6 is 0 Å². The smallest absolute Gasteiger partial charge is 0.340 e. The number of nitrogens with zero attached hydrogens (tertiary/aromatic N) is 1. The van der Waals surface area contributed by atoms with Crippen LogP contribution in [0.1, 0.15) is 12.5 Å². The molecule has 0 bridgehead atoms. The van der Waals surface area contributed by atoms with Crippen molar-refractivity contribution in [1.82, 2.24) is 4.57 Å². The van der Waals surface area contributed by atoms with Crippen LogP contribution in [0.4, 0.5) is 5.82 Å². The number of hydrogen-bond acceptors (Lipinski definition) is 2. The second-order valence-corrected chi connectivity index (χ2v) is 2.77. The van der Waals surface area contributed by atoms with Crippen LogP contribution < -0.4 is 16.7 Å². The van der Waals surface area contributed by atoms with Crippen molar-refractivity contribution >= 4 is 11.7 Å². The first-order chi connectivity index (χ1) is 5.52. The molecular weight excluding hydrogens is 154 g/mol. The van der Waals surface area contributed by atoms with Crippen LogP contribution in [0.3, 0.4) is 0 Å². The van der Waals surface area contributed by atoms with Crippen LogP contribution in [0, 0.1) is 6.92 Å². The Bertz CT molecular complexity index is 378. The predicted octanol–water partition coefficient (Wildman–Crippen LogP) is -1.24. The maximum Gasteiger partial charge on any atom is 0.340 e. The second kappa shape index (κ2) is 2.81. The molecule has 0 amide bonds. The molecule has 0 radical (unpaired) electrons. The molecule has 1 aromatic heterocycles. The minimum absolute atomic E-state index is 0.187. The quantitative estimate of drug-likeness (QED) is 0.374. The Morgan fingerprint density at radius 3 is 2.58 bits per heavy atom. The first kappa shape index (κ1) is 8.52. The third kappa shape index (κ3) is 1.37. The molecule has 0 saturated carbocycles. The summed E-state index contributed by atoms with van der Waals surface area (Å²) in [5.41, 5.74) is 6.24. The normalized spacial score (nSPS) is 9.83. The molecule has 4 heteroatoms.